The van der Waals surface area contributed by atoms with E-state index in [4.69, 9.17) is 4.74 Å². The predicted octanol–water partition coefficient (Wildman–Crippen LogP) is 2.87. The molecule has 0 aliphatic carbocycles. The Hall–Kier alpha value is -0.850. The second-order valence-corrected chi connectivity index (χ2v) is 7.47. The molecule has 0 saturated carbocycles. The van der Waals surface area contributed by atoms with Crippen LogP contribution in [0.1, 0.15) is 35.7 Å². The Labute approximate surface area is 182 Å². The van der Waals surface area contributed by atoms with Crippen molar-refractivity contribution in [3.63, 3.8) is 0 Å². The molecule has 2 heterocycles. The van der Waals surface area contributed by atoms with Gasteiger partial charge < -0.3 is 15.0 Å². The molecule has 0 spiro atoms. The van der Waals surface area contributed by atoms with Crippen molar-refractivity contribution in [3.05, 3.63) is 35.4 Å². The maximum Gasteiger partial charge on any atom is 0.254 e. The smallest absolute Gasteiger partial charge is 0.254 e. The minimum absolute atomic E-state index is 0. The molecule has 1 aromatic rings. The van der Waals surface area contributed by atoms with Crippen molar-refractivity contribution in [2.75, 3.05) is 59.0 Å². The Morgan fingerprint density at radius 2 is 1.89 bits per heavy atom. The molecule has 0 radical (unpaired) electrons. The molecular formula is C21H35Cl2N3O2. The molecule has 2 saturated heterocycles. The van der Waals surface area contributed by atoms with Crippen LogP contribution < -0.4 is 5.32 Å². The molecule has 1 aromatic carbocycles. The number of benzene rings is 1. The van der Waals surface area contributed by atoms with Crippen LogP contribution in [0.5, 0.6) is 0 Å². The number of hydrogen-bond donors (Lipinski definition) is 1. The number of nitrogens with one attached hydrogen (secondary N) is 1. The van der Waals surface area contributed by atoms with Gasteiger partial charge in [-0.3, -0.25) is 9.69 Å². The summed E-state index contributed by atoms with van der Waals surface area (Å²) < 4.78 is 5.58. The SMILES string of the molecule is CCCOCCN1CCN(C(=O)c2ccccc2CC2CCNC2)CC1.Cl.Cl. The molecule has 1 unspecified atom stereocenters. The zero-order valence-corrected chi connectivity index (χ0v) is 18.5. The van der Waals surface area contributed by atoms with Gasteiger partial charge in [-0.15, -0.1) is 24.8 Å². The third-order valence-electron chi connectivity index (χ3n) is 5.48. The minimum Gasteiger partial charge on any atom is -0.380 e. The van der Waals surface area contributed by atoms with Gasteiger partial charge in [0.2, 0.25) is 0 Å². The first kappa shape index (κ1) is 25.2. The number of carbonyl (C=O) groups is 1. The Bertz CT molecular complexity index is 575. The molecule has 1 N–H and O–H groups in total. The van der Waals surface area contributed by atoms with Crippen LogP contribution in [-0.2, 0) is 11.2 Å². The largest absolute Gasteiger partial charge is 0.380 e. The summed E-state index contributed by atoms with van der Waals surface area (Å²) in [6.45, 7) is 10.4. The van der Waals surface area contributed by atoms with Crippen molar-refractivity contribution >= 4 is 30.7 Å². The first-order chi connectivity index (χ1) is 12.8. The van der Waals surface area contributed by atoms with Gasteiger partial charge in [-0.25, -0.2) is 0 Å². The number of rotatable bonds is 8. The molecule has 2 aliphatic rings. The number of halogens is 2. The number of ether oxygens (including phenoxy) is 1. The van der Waals surface area contributed by atoms with E-state index in [2.05, 4.69) is 29.3 Å². The van der Waals surface area contributed by atoms with Crippen LogP contribution in [0.2, 0.25) is 0 Å². The fourth-order valence-electron chi connectivity index (χ4n) is 3.89. The topological polar surface area (TPSA) is 44.8 Å². The molecule has 3 rings (SSSR count). The van der Waals surface area contributed by atoms with Crippen LogP contribution in [0.3, 0.4) is 0 Å². The highest BCUT2D eigenvalue weighted by Crippen LogP contribution is 2.20. The maximum absolute atomic E-state index is 13.1. The van der Waals surface area contributed by atoms with E-state index < -0.39 is 0 Å². The summed E-state index contributed by atoms with van der Waals surface area (Å²) in [6.07, 6.45) is 3.28. The Balaban J connectivity index is 0.00000196. The van der Waals surface area contributed by atoms with Crippen LogP contribution in [0.25, 0.3) is 0 Å². The number of piperazine rings is 1. The second kappa shape index (κ2) is 13.4. The first-order valence-corrected chi connectivity index (χ1v) is 10.2. The summed E-state index contributed by atoms with van der Waals surface area (Å²) in [5, 5.41) is 3.42. The third-order valence-corrected chi connectivity index (χ3v) is 5.48. The lowest BCUT2D eigenvalue weighted by atomic mass is 9.94. The molecule has 1 atom stereocenters. The molecule has 28 heavy (non-hydrogen) atoms. The van der Waals surface area contributed by atoms with Crippen LogP contribution in [0.4, 0.5) is 0 Å². The standard InChI is InChI=1S/C21H33N3O2.2ClH/c1-2-14-26-15-13-23-9-11-24(12-10-23)21(25)20-6-4-3-5-19(20)16-18-7-8-22-17-18;;/h3-6,18,22H,2,7-17H2,1H3;2*1H. The van der Waals surface area contributed by atoms with E-state index in [0.29, 0.717) is 5.92 Å². The average Bonchev–Trinajstić information content (AvgIpc) is 3.19. The highest BCUT2D eigenvalue weighted by molar-refractivity contribution is 5.95. The molecule has 2 fully saturated rings. The van der Waals surface area contributed by atoms with Crippen LogP contribution in [-0.4, -0.2) is 74.7 Å². The van der Waals surface area contributed by atoms with Crippen molar-refractivity contribution in [1.82, 2.24) is 15.1 Å². The molecule has 5 nitrogen and oxygen atoms in total. The first-order valence-electron chi connectivity index (χ1n) is 10.2. The van der Waals surface area contributed by atoms with Crippen LogP contribution >= 0.6 is 24.8 Å². The maximum atomic E-state index is 13.1. The molecule has 0 bridgehead atoms. The summed E-state index contributed by atoms with van der Waals surface area (Å²) in [5.74, 6) is 0.859. The quantitative estimate of drug-likeness (QED) is 0.642. The van der Waals surface area contributed by atoms with E-state index >= 15 is 0 Å². The van der Waals surface area contributed by atoms with E-state index in [1.807, 2.05) is 17.0 Å². The molecule has 7 heteroatoms. The predicted molar refractivity (Wildman–Crippen MR) is 119 cm³/mol. The third kappa shape index (κ3) is 7.20. The van der Waals surface area contributed by atoms with E-state index in [0.717, 1.165) is 77.4 Å². The Morgan fingerprint density at radius 1 is 1.14 bits per heavy atom. The van der Waals surface area contributed by atoms with E-state index in [1.54, 1.807) is 0 Å². The summed E-state index contributed by atoms with van der Waals surface area (Å²) in [4.78, 5) is 17.5. The normalized spacial score (nSPS) is 19.8. The van der Waals surface area contributed by atoms with Crippen molar-refractivity contribution in [2.45, 2.75) is 26.2 Å². The molecule has 1 amide bonds. The van der Waals surface area contributed by atoms with E-state index in [9.17, 15) is 4.79 Å². The summed E-state index contributed by atoms with van der Waals surface area (Å²) in [6, 6.07) is 8.19. The summed E-state index contributed by atoms with van der Waals surface area (Å²) in [7, 11) is 0. The van der Waals surface area contributed by atoms with Crippen molar-refractivity contribution < 1.29 is 9.53 Å². The van der Waals surface area contributed by atoms with Gasteiger partial charge >= 0.3 is 0 Å². The highest BCUT2D eigenvalue weighted by atomic mass is 35.5. The Kier molecular flexibility index (Phi) is 12.0. The molecular weight excluding hydrogens is 397 g/mol. The second-order valence-electron chi connectivity index (χ2n) is 7.47. The fraction of sp³-hybridized carbons (Fsp3) is 0.667. The average molecular weight is 432 g/mol. The molecule has 160 valence electrons. The minimum atomic E-state index is 0. The number of amides is 1. The van der Waals surface area contributed by atoms with Gasteiger partial charge in [0.15, 0.2) is 0 Å². The van der Waals surface area contributed by atoms with Gasteiger partial charge in [0.1, 0.15) is 0 Å². The van der Waals surface area contributed by atoms with Crippen molar-refractivity contribution in [2.24, 2.45) is 5.92 Å². The van der Waals surface area contributed by atoms with Crippen molar-refractivity contribution in [1.29, 1.82) is 0 Å². The number of carbonyl (C=O) groups excluding carboxylic acids is 1. The fourth-order valence-corrected chi connectivity index (χ4v) is 3.89. The van der Waals surface area contributed by atoms with Gasteiger partial charge in [-0.2, -0.15) is 0 Å². The van der Waals surface area contributed by atoms with Gasteiger partial charge in [-0.1, -0.05) is 25.1 Å². The lowest BCUT2D eigenvalue weighted by Gasteiger charge is -2.35. The summed E-state index contributed by atoms with van der Waals surface area (Å²) in [5.41, 5.74) is 2.11. The summed E-state index contributed by atoms with van der Waals surface area (Å²) >= 11 is 0. The monoisotopic (exact) mass is 431 g/mol. The van der Waals surface area contributed by atoms with E-state index in [-0.39, 0.29) is 30.7 Å². The van der Waals surface area contributed by atoms with Gasteiger partial charge in [0.25, 0.3) is 5.91 Å². The zero-order chi connectivity index (χ0) is 18.2. The number of hydrogen-bond acceptors (Lipinski definition) is 4. The lowest BCUT2D eigenvalue weighted by molar-refractivity contribution is 0.0551. The van der Waals surface area contributed by atoms with Gasteiger partial charge in [0, 0.05) is 44.9 Å². The zero-order valence-electron chi connectivity index (χ0n) is 16.9. The van der Waals surface area contributed by atoms with Crippen LogP contribution in [0, 0.1) is 5.92 Å². The van der Waals surface area contributed by atoms with Gasteiger partial charge in [-0.05, 0) is 49.9 Å². The van der Waals surface area contributed by atoms with E-state index in [1.165, 1.54) is 12.0 Å². The Morgan fingerprint density at radius 3 is 2.57 bits per heavy atom. The molecule has 2 aliphatic heterocycles. The van der Waals surface area contributed by atoms with Crippen molar-refractivity contribution in [3.8, 4) is 0 Å². The molecule has 0 aromatic heterocycles. The van der Waals surface area contributed by atoms with Gasteiger partial charge in [0.05, 0.1) is 6.61 Å². The number of nitrogens with zero attached hydrogens (tertiary/aromatic N) is 2. The van der Waals surface area contributed by atoms with Crippen LogP contribution in [0.15, 0.2) is 24.3 Å². The highest BCUT2D eigenvalue weighted by Gasteiger charge is 2.24. The lowest BCUT2D eigenvalue weighted by Crippen LogP contribution is -2.49.